The van der Waals surface area contributed by atoms with Crippen LogP contribution in [0.1, 0.15) is 24.4 Å². The Morgan fingerprint density at radius 2 is 1.73 bits per heavy atom. The molecule has 0 spiro atoms. The summed E-state index contributed by atoms with van der Waals surface area (Å²) < 4.78 is 14.2. The van der Waals surface area contributed by atoms with Crippen molar-refractivity contribution in [2.75, 3.05) is 5.32 Å². The highest BCUT2D eigenvalue weighted by molar-refractivity contribution is 14.1. The van der Waals surface area contributed by atoms with E-state index in [0.717, 1.165) is 27.7 Å². The van der Waals surface area contributed by atoms with Crippen molar-refractivity contribution in [2.24, 2.45) is 0 Å². The minimum atomic E-state index is -0.527. The zero-order valence-electron chi connectivity index (χ0n) is 11.9. The number of amides is 1. The summed E-state index contributed by atoms with van der Waals surface area (Å²) in [7, 11) is 0. The summed E-state index contributed by atoms with van der Waals surface area (Å²) in [5, 5.41) is 6.24. The highest BCUT2D eigenvalue weighted by Gasteiger charge is 2.28. The Kier molecular flexibility index (Phi) is 4.61. The van der Waals surface area contributed by atoms with E-state index in [1.807, 2.05) is 24.3 Å². The molecular weight excluding hydrogens is 394 g/mol. The van der Waals surface area contributed by atoms with Crippen LogP contribution in [0.25, 0.3) is 0 Å². The van der Waals surface area contributed by atoms with Crippen molar-refractivity contribution in [3.8, 4) is 0 Å². The molecule has 2 aromatic carbocycles. The van der Waals surface area contributed by atoms with Gasteiger partial charge in [-0.1, -0.05) is 12.1 Å². The molecule has 22 heavy (non-hydrogen) atoms. The minimum absolute atomic E-state index is 0.0762. The van der Waals surface area contributed by atoms with E-state index >= 15 is 0 Å². The zero-order chi connectivity index (χ0) is 15.5. The van der Waals surface area contributed by atoms with Crippen molar-refractivity contribution in [3.63, 3.8) is 0 Å². The van der Waals surface area contributed by atoms with Crippen LogP contribution in [0.15, 0.2) is 48.5 Å². The Bertz CT molecular complexity index is 653. The molecule has 1 atom stereocenters. The number of nitrogens with one attached hydrogen (secondary N) is 2. The third-order valence-electron chi connectivity index (χ3n) is 3.54. The molecular formula is C17H16FIN2O. The number of anilines is 1. The standard InChI is InChI=1S/C17H16FIN2O/c18-12-3-1-11(2-4-12)16(17(22)21-15-9-10-15)20-14-7-5-13(19)6-8-14/h1-8,15-16,20H,9-10H2,(H,21,22). The van der Waals surface area contributed by atoms with Gasteiger partial charge in [0.1, 0.15) is 11.9 Å². The SMILES string of the molecule is O=C(NC1CC1)C(Nc1ccc(I)cc1)c1ccc(F)cc1. The first-order valence-corrected chi connectivity index (χ1v) is 8.27. The number of halogens is 2. The first-order chi connectivity index (χ1) is 10.6. The number of benzene rings is 2. The molecule has 0 radical (unpaired) electrons. The van der Waals surface area contributed by atoms with Crippen molar-refractivity contribution in [1.29, 1.82) is 0 Å². The van der Waals surface area contributed by atoms with Gasteiger partial charge in [-0.3, -0.25) is 4.79 Å². The second kappa shape index (κ2) is 6.64. The van der Waals surface area contributed by atoms with Crippen molar-refractivity contribution in [2.45, 2.75) is 24.9 Å². The van der Waals surface area contributed by atoms with Gasteiger partial charge in [0, 0.05) is 15.3 Å². The number of hydrogen-bond acceptors (Lipinski definition) is 2. The van der Waals surface area contributed by atoms with Gasteiger partial charge in [0.2, 0.25) is 5.91 Å². The lowest BCUT2D eigenvalue weighted by atomic mass is 10.1. The molecule has 1 unspecified atom stereocenters. The molecule has 5 heteroatoms. The van der Waals surface area contributed by atoms with Crippen LogP contribution >= 0.6 is 22.6 Å². The van der Waals surface area contributed by atoms with Crippen molar-refractivity contribution in [1.82, 2.24) is 5.32 Å². The molecule has 0 bridgehead atoms. The summed E-state index contributed by atoms with van der Waals surface area (Å²) in [6.45, 7) is 0. The van der Waals surface area contributed by atoms with Crippen LogP contribution in [-0.2, 0) is 4.79 Å². The number of rotatable bonds is 5. The van der Waals surface area contributed by atoms with Gasteiger partial charge in [-0.05, 0) is 77.4 Å². The first kappa shape index (κ1) is 15.3. The summed E-state index contributed by atoms with van der Waals surface area (Å²) in [4.78, 5) is 12.5. The molecule has 1 aliphatic rings. The summed E-state index contributed by atoms with van der Waals surface area (Å²) in [5.41, 5.74) is 1.61. The summed E-state index contributed by atoms with van der Waals surface area (Å²) in [5.74, 6) is -0.382. The lowest BCUT2D eigenvalue weighted by Gasteiger charge is -2.20. The first-order valence-electron chi connectivity index (χ1n) is 7.20. The Morgan fingerprint density at radius 1 is 1.09 bits per heavy atom. The van der Waals surface area contributed by atoms with Gasteiger partial charge < -0.3 is 10.6 Å². The van der Waals surface area contributed by atoms with Crippen LogP contribution in [0.4, 0.5) is 10.1 Å². The van der Waals surface area contributed by atoms with E-state index in [9.17, 15) is 9.18 Å². The van der Waals surface area contributed by atoms with Crippen LogP contribution in [0.2, 0.25) is 0 Å². The fourth-order valence-corrected chi connectivity index (χ4v) is 2.54. The van der Waals surface area contributed by atoms with E-state index in [-0.39, 0.29) is 17.8 Å². The van der Waals surface area contributed by atoms with Gasteiger partial charge in [-0.2, -0.15) is 0 Å². The molecule has 114 valence electrons. The average molecular weight is 410 g/mol. The lowest BCUT2D eigenvalue weighted by molar-refractivity contribution is -0.122. The molecule has 1 saturated carbocycles. The molecule has 1 aliphatic carbocycles. The van der Waals surface area contributed by atoms with Gasteiger partial charge in [-0.25, -0.2) is 4.39 Å². The van der Waals surface area contributed by atoms with E-state index in [0.29, 0.717) is 0 Å². The molecule has 2 aromatic rings. The van der Waals surface area contributed by atoms with Gasteiger partial charge in [0.15, 0.2) is 0 Å². The Labute approximate surface area is 142 Å². The predicted octanol–water partition coefficient (Wildman–Crippen LogP) is 3.86. The van der Waals surface area contributed by atoms with Crippen LogP contribution in [0, 0.1) is 9.39 Å². The monoisotopic (exact) mass is 410 g/mol. The zero-order valence-corrected chi connectivity index (χ0v) is 14.0. The fraction of sp³-hybridized carbons (Fsp3) is 0.235. The molecule has 0 saturated heterocycles. The maximum Gasteiger partial charge on any atom is 0.247 e. The molecule has 2 N–H and O–H groups in total. The number of carbonyl (C=O) groups excluding carboxylic acids is 1. The van der Waals surface area contributed by atoms with Gasteiger partial charge in [0.25, 0.3) is 0 Å². The number of hydrogen-bond donors (Lipinski definition) is 2. The maximum absolute atomic E-state index is 13.1. The highest BCUT2D eigenvalue weighted by Crippen LogP contribution is 2.24. The summed E-state index contributed by atoms with van der Waals surface area (Å²) >= 11 is 2.23. The van der Waals surface area contributed by atoms with Crippen LogP contribution in [0.3, 0.4) is 0 Å². The van der Waals surface area contributed by atoms with E-state index in [1.54, 1.807) is 12.1 Å². The second-order valence-electron chi connectivity index (χ2n) is 5.42. The number of carbonyl (C=O) groups is 1. The Morgan fingerprint density at radius 3 is 2.32 bits per heavy atom. The molecule has 0 heterocycles. The van der Waals surface area contributed by atoms with E-state index in [2.05, 4.69) is 33.2 Å². The van der Waals surface area contributed by atoms with Gasteiger partial charge >= 0.3 is 0 Å². The predicted molar refractivity (Wildman–Crippen MR) is 93.1 cm³/mol. The molecule has 3 nitrogen and oxygen atoms in total. The normalized spacial score (nSPS) is 15.2. The highest BCUT2D eigenvalue weighted by atomic mass is 127. The minimum Gasteiger partial charge on any atom is -0.370 e. The van der Waals surface area contributed by atoms with Crippen LogP contribution in [0.5, 0.6) is 0 Å². The summed E-state index contributed by atoms with van der Waals surface area (Å²) in [6.07, 6.45) is 2.07. The lowest BCUT2D eigenvalue weighted by Crippen LogP contribution is -2.34. The summed E-state index contributed by atoms with van der Waals surface area (Å²) in [6, 6.07) is 13.6. The Hall–Kier alpha value is -1.63. The third-order valence-corrected chi connectivity index (χ3v) is 4.26. The van der Waals surface area contributed by atoms with Crippen molar-refractivity contribution >= 4 is 34.2 Å². The molecule has 0 aromatic heterocycles. The fourth-order valence-electron chi connectivity index (χ4n) is 2.18. The maximum atomic E-state index is 13.1. The van der Waals surface area contributed by atoms with Crippen LogP contribution in [-0.4, -0.2) is 11.9 Å². The van der Waals surface area contributed by atoms with E-state index in [1.165, 1.54) is 12.1 Å². The van der Waals surface area contributed by atoms with Gasteiger partial charge in [0.05, 0.1) is 0 Å². The molecule has 1 amide bonds. The second-order valence-corrected chi connectivity index (χ2v) is 6.66. The van der Waals surface area contributed by atoms with Crippen molar-refractivity contribution in [3.05, 3.63) is 63.5 Å². The molecule has 3 rings (SSSR count). The van der Waals surface area contributed by atoms with Crippen LogP contribution < -0.4 is 10.6 Å². The third kappa shape index (κ3) is 3.97. The van der Waals surface area contributed by atoms with Crippen molar-refractivity contribution < 1.29 is 9.18 Å². The molecule has 1 fully saturated rings. The smallest absolute Gasteiger partial charge is 0.247 e. The quantitative estimate of drug-likeness (QED) is 0.736. The van der Waals surface area contributed by atoms with Gasteiger partial charge in [-0.15, -0.1) is 0 Å². The Balaban J connectivity index is 1.82. The largest absolute Gasteiger partial charge is 0.370 e. The van der Waals surface area contributed by atoms with E-state index < -0.39 is 6.04 Å². The van der Waals surface area contributed by atoms with E-state index in [4.69, 9.17) is 0 Å². The average Bonchev–Trinajstić information content (AvgIpc) is 3.31. The topological polar surface area (TPSA) is 41.1 Å². The molecule has 0 aliphatic heterocycles.